The molecule has 10 heavy (non-hydrogen) atoms. The molecule has 0 spiro atoms. The van der Waals surface area contributed by atoms with E-state index >= 15 is 0 Å². The average Bonchev–Trinajstić information content (AvgIpc) is 2.04. The third-order valence-electron chi connectivity index (χ3n) is 2.24. The standard InChI is InChI=1S/C9H14O/c1-2-8-5-3-4-6-9(8)7-10/h6-8H,2-5H2,1H3/t8-/m0/s1. The van der Waals surface area contributed by atoms with Gasteiger partial charge in [-0.2, -0.15) is 0 Å². The lowest BCUT2D eigenvalue weighted by Crippen LogP contribution is -2.08. The lowest BCUT2D eigenvalue weighted by Gasteiger charge is -2.18. The molecule has 1 rings (SSSR count). The molecule has 1 aliphatic rings. The Morgan fingerprint density at radius 3 is 3.10 bits per heavy atom. The van der Waals surface area contributed by atoms with Crippen molar-refractivity contribution in [1.29, 1.82) is 0 Å². The summed E-state index contributed by atoms with van der Waals surface area (Å²) in [5, 5.41) is 0. The first-order chi connectivity index (χ1) is 4.88. The summed E-state index contributed by atoms with van der Waals surface area (Å²) in [7, 11) is 0. The van der Waals surface area contributed by atoms with Crippen LogP contribution in [0.5, 0.6) is 0 Å². The van der Waals surface area contributed by atoms with Gasteiger partial charge in [-0.1, -0.05) is 13.0 Å². The van der Waals surface area contributed by atoms with Gasteiger partial charge < -0.3 is 0 Å². The van der Waals surface area contributed by atoms with Crippen LogP contribution in [0, 0.1) is 5.92 Å². The maximum Gasteiger partial charge on any atom is 0.145 e. The van der Waals surface area contributed by atoms with E-state index in [2.05, 4.69) is 13.0 Å². The Balaban J connectivity index is 2.62. The summed E-state index contributed by atoms with van der Waals surface area (Å²) in [6.45, 7) is 2.15. The molecule has 0 amide bonds. The lowest BCUT2D eigenvalue weighted by atomic mass is 9.87. The fraction of sp³-hybridized carbons (Fsp3) is 0.667. The van der Waals surface area contributed by atoms with Crippen LogP contribution in [-0.2, 0) is 4.79 Å². The van der Waals surface area contributed by atoms with E-state index in [0.29, 0.717) is 5.92 Å². The number of rotatable bonds is 2. The van der Waals surface area contributed by atoms with E-state index in [9.17, 15) is 4.79 Å². The molecule has 0 bridgehead atoms. The van der Waals surface area contributed by atoms with Gasteiger partial charge in [-0.3, -0.25) is 4.79 Å². The fourth-order valence-corrected chi connectivity index (χ4v) is 1.55. The number of aldehydes is 1. The van der Waals surface area contributed by atoms with Crippen molar-refractivity contribution in [2.24, 2.45) is 5.92 Å². The van der Waals surface area contributed by atoms with Crippen molar-refractivity contribution in [3.63, 3.8) is 0 Å². The smallest absolute Gasteiger partial charge is 0.145 e. The van der Waals surface area contributed by atoms with Gasteiger partial charge in [-0.15, -0.1) is 0 Å². The van der Waals surface area contributed by atoms with Crippen LogP contribution < -0.4 is 0 Å². The first-order valence-electron chi connectivity index (χ1n) is 4.03. The van der Waals surface area contributed by atoms with Crippen molar-refractivity contribution in [2.45, 2.75) is 32.6 Å². The van der Waals surface area contributed by atoms with Crippen LogP contribution in [0.15, 0.2) is 11.6 Å². The van der Waals surface area contributed by atoms with E-state index in [-0.39, 0.29) is 0 Å². The van der Waals surface area contributed by atoms with Gasteiger partial charge in [-0.05, 0) is 37.2 Å². The van der Waals surface area contributed by atoms with Crippen LogP contribution in [0.1, 0.15) is 32.6 Å². The highest BCUT2D eigenvalue weighted by atomic mass is 16.1. The maximum absolute atomic E-state index is 10.5. The molecule has 0 saturated carbocycles. The molecule has 0 unspecified atom stereocenters. The summed E-state index contributed by atoms with van der Waals surface area (Å²) in [6, 6.07) is 0. The maximum atomic E-state index is 10.5. The molecule has 0 saturated heterocycles. The van der Waals surface area contributed by atoms with Gasteiger partial charge >= 0.3 is 0 Å². The minimum Gasteiger partial charge on any atom is -0.298 e. The zero-order valence-corrected chi connectivity index (χ0v) is 6.47. The van der Waals surface area contributed by atoms with Gasteiger partial charge in [0.1, 0.15) is 6.29 Å². The quantitative estimate of drug-likeness (QED) is 0.535. The Labute approximate surface area is 62.1 Å². The second-order valence-electron chi connectivity index (χ2n) is 2.86. The minimum atomic E-state index is 0.561. The zero-order chi connectivity index (χ0) is 7.40. The fourth-order valence-electron chi connectivity index (χ4n) is 1.55. The lowest BCUT2D eigenvalue weighted by molar-refractivity contribution is -0.105. The summed E-state index contributed by atoms with van der Waals surface area (Å²) in [6.07, 6.45) is 7.80. The van der Waals surface area contributed by atoms with Crippen LogP contribution in [0.4, 0.5) is 0 Å². The number of hydrogen-bond acceptors (Lipinski definition) is 1. The molecule has 0 heterocycles. The van der Waals surface area contributed by atoms with Crippen LogP contribution in [-0.4, -0.2) is 6.29 Å². The summed E-state index contributed by atoms with van der Waals surface area (Å²) in [5.41, 5.74) is 1.04. The first kappa shape index (κ1) is 7.52. The van der Waals surface area contributed by atoms with Crippen LogP contribution in [0.25, 0.3) is 0 Å². The predicted octanol–water partition coefficient (Wildman–Crippen LogP) is 2.32. The van der Waals surface area contributed by atoms with Gasteiger partial charge in [0.15, 0.2) is 0 Å². The summed E-state index contributed by atoms with van der Waals surface area (Å²) in [4.78, 5) is 10.5. The zero-order valence-electron chi connectivity index (χ0n) is 6.47. The van der Waals surface area contributed by atoms with Crippen LogP contribution in [0.3, 0.4) is 0 Å². The van der Waals surface area contributed by atoms with Crippen LogP contribution >= 0.6 is 0 Å². The van der Waals surface area contributed by atoms with E-state index in [1.54, 1.807) is 0 Å². The number of carbonyl (C=O) groups is 1. The Bertz CT molecular complexity index is 147. The van der Waals surface area contributed by atoms with Gasteiger partial charge in [0, 0.05) is 0 Å². The van der Waals surface area contributed by atoms with Crippen molar-refractivity contribution < 1.29 is 4.79 Å². The Morgan fingerprint density at radius 1 is 1.80 bits per heavy atom. The van der Waals surface area contributed by atoms with Gasteiger partial charge in [0.2, 0.25) is 0 Å². The van der Waals surface area contributed by atoms with Crippen molar-refractivity contribution in [2.75, 3.05) is 0 Å². The molecule has 0 fully saturated rings. The predicted molar refractivity (Wildman–Crippen MR) is 41.8 cm³/mol. The van der Waals surface area contributed by atoms with E-state index < -0.39 is 0 Å². The number of allylic oxidation sites excluding steroid dienone is 2. The highest BCUT2D eigenvalue weighted by Gasteiger charge is 2.14. The highest BCUT2D eigenvalue weighted by Crippen LogP contribution is 2.25. The Hall–Kier alpha value is -0.590. The second kappa shape index (κ2) is 3.55. The molecule has 0 N–H and O–H groups in total. The molecular weight excluding hydrogens is 124 g/mol. The van der Waals surface area contributed by atoms with Crippen molar-refractivity contribution in [3.05, 3.63) is 11.6 Å². The third-order valence-corrected chi connectivity index (χ3v) is 2.24. The summed E-state index contributed by atoms with van der Waals surface area (Å²) < 4.78 is 0. The Kier molecular flexibility index (Phi) is 2.67. The van der Waals surface area contributed by atoms with E-state index in [1.807, 2.05) is 0 Å². The van der Waals surface area contributed by atoms with E-state index in [4.69, 9.17) is 0 Å². The molecular formula is C9H14O. The molecule has 0 aromatic rings. The van der Waals surface area contributed by atoms with E-state index in [0.717, 1.165) is 24.7 Å². The van der Waals surface area contributed by atoms with Gasteiger partial charge in [-0.25, -0.2) is 0 Å². The molecule has 1 nitrogen and oxygen atoms in total. The van der Waals surface area contributed by atoms with Crippen molar-refractivity contribution in [3.8, 4) is 0 Å². The monoisotopic (exact) mass is 138 g/mol. The molecule has 1 atom stereocenters. The highest BCUT2D eigenvalue weighted by molar-refractivity contribution is 5.74. The molecule has 1 aliphatic carbocycles. The second-order valence-corrected chi connectivity index (χ2v) is 2.86. The van der Waals surface area contributed by atoms with Crippen molar-refractivity contribution >= 4 is 6.29 Å². The van der Waals surface area contributed by atoms with Crippen molar-refractivity contribution in [1.82, 2.24) is 0 Å². The Morgan fingerprint density at radius 2 is 2.60 bits per heavy atom. The molecule has 0 radical (unpaired) electrons. The molecule has 1 heteroatoms. The SMILES string of the molecule is CC[C@H]1CCCC=C1C=O. The minimum absolute atomic E-state index is 0.561. The topological polar surface area (TPSA) is 17.1 Å². The summed E-state index contributed by atoms with van der Waals surface area (Å²) >= 11 is 0. The molecule has 0 aromatic carbocycles. The molecule has 0 aliphatic heterocycles. The number of carbonyl (C=O) groups excluding carboxylic acids is 1. The van der Waals surface area contributed by atoms with Gasteiger partial charge in [0.05, 0.1) is 0 Å². The van der Waals surface area contributed by atoms with Crippen LogP contribution in [0.2, 0.25) is 0 Å². The first-order valence-corrected chi connectivity index (χ1v) is 4.03. The summed E-state index contributed by atoms with van der Waals surface area (Å²) in [5.74, 6) is 0.561. The normalized spacial score (nSPS) is 25.7. The number of hydrogen-bond donors (Lipinski definition) is 0. The largest absolute Gasteiger partial charge is 0.298 e. The average molecular weight is 138 g/mol. The third kappa shape index (κ3) is 1.47. The van der Waals surface area contributed by atoms with E-state index in [1.165, 1.54) is 12.8 Å². The van der Waals surface area contributed by atoms with Gasteiger partial charge in [0.25, 0.3) is 0 Å². The molecule has 0 aromatic heterocycles. The molecule has 56 valence electrons.